The number of piperazine rings is 1. The van der Waals surface area contributed by atoms with E-state index in [4.69, 9.17) is 16.3 Å². The molecule has 0 unspecified atom stereocenters. The Balaban J connectivity index is 1.35. The first-order valence-corrected chi connectivity index (χ1v) is 10.7. The minimum atomic E-state index is -0.245. The molecule has 3 aromatic rings. The normalized spacial score (nSPS) is 13.5. The third-order valence-corrected chi connectivity index (χ3v) is 5.57. The van der Waals surface area contributed by atoms with E-state index in [-0.39, 0.29) is 11.8 Å². The maximum absolute atomic E-state index is 12.5. The monoisotopic (exact) mass is 450 g/mol. The molecule has 1 fully saturated rings. The van der Waals surface area contributed by atoms with Gasteiger partial charge in [0, 0.05) is 48.4 Å². The molecule has 0 bridgehead atoms. The molecular formula is C24H23ClN4O3. The van der Waals surface area contributed by atoms with E-state index in [1.54, 1.807) is 54.6 Å². The number of pyridine rings is 1. The number of halogens is 1. The highest BCUT2D eigenvalue weighted by molar-refractivity contribution is 6.31. The van der Waals surface area contributed by atoms with E-state index < -0.39 is 0 Å². The highest BCUT2D eigenvalue weighted by Crippen LogP contribution is 2.22. The molecule has 7 nitrogen and oxygen atoms in total. The molecule has 1 saturated heterocycles. The zero-order valence-corrected chi connectivity index (χ0v) is 18.4. The van der Waals surface area contributed by atoms with Crippen LogP contribution in [0.15, 0.2) is 60.8 Å². The number of carbonyl (C=O) groups is 2. The summed E-state index contributed by atoms with van der Waals surface area (Å²) >= 11 is 6.01. The fraction of sp³-hybridized carbons (Fsp3) is 0.208. The molecule has 0 atom stereocenters. The number of anilines is 1. The Morgan fingerprint density at radius 3 is 2.41 bits per heavy atom. The maximum Gasteiger partial charge on any atom is 0.255 e. The van der Waals surface area contributed by atoms with Crippen LogP contribution in [-0.2, 0) is 0 Å². The Labute approximate surface area is 191 Å². The summed E-state index contributed by atoms with van der Waals surface area (Å²) in [7, 11) is 0. The highest BCUT2D eigenvalue weighted by atomic mass is 35.5. The zero-order valence-electron chi connectivity index (χ0n) is 17.6. The molecule has 4 rings (SSSR count). The van der Waals surface area contributed by atoms with Gasteiger partial charge in [0.2, 0.25) is 5.88 Å². The van der Waals surface area contributed by atoms with Crippen molar-refractivity contribution in [3.63, 3.8) is 0 Å². The average Bonchev–Trinajstić information content (AvgIpc) is 2.82. The number of aryl methyl sites for hydroxylation is 1. The van der Waals surface area contributed by atoms with Crippen molar-refractivity contribution in [2.75, 3.05) is 31.5 Å². The van der Waals surface area contributed by atoms with Crippen LogP contribution in [0.5, 0.6) is 11.6 Å². The molecule has 164 valence electrons. The molecule has 0 radical (unpaired) electrons. The van der Waals surface area contributed by atoms with E-state index in [2.05, 4.69) is 15.6 Å². The van der Waals surface area contributed by atoms with Gasteiger partial charge in [-0.25, -0.2) is 4.98 Å². The number of aromatic nitrogens is 1. The first-order valence-electron chi connectivity index (χ1n) is 10.3. The summed E-state index contributed by atoms with van der Waals surface area (Å²) < 4.78 is 5.76. The average molecular weight is 451 g/mol. The summed E-state index contributed by atoms with van der Waals surface area (Å²) in [5.41, 5.74) is 2.53. The van der Waals surface area contributed by atoms with Gasteiger partial charge in [-0.2, -0.15) is 0 Å². The van der Waals surface area contributed by atoms with Gasteiger partial charge in [0.15, 0.2) is 0 Å². The SMILES string of the molecule is Cc1cc(C(=O)Nc2ccc(Oc3ccc(C(=O)N4CCNCC4)cc3)nc2)ccc1Cl. The van der Waals surface area contributed by atoms with Gasteiger partial charge in [0.05, 0.1) is 11.9 Å². The van der Waals surface area contributed by atoms with Crippen LogP contribution in [-0.4, -0.2) is 47.9 Å². The first-order chi connectivity index (χ1) is 15.5. The molecule has 2 amide bonds. The van der Waals surface area contributed by atoms with E-state index >= 15 is 0 Å². The van der Waals surface area contributed by atoms with Crippen LogP contribution in [0.25, 0.3) is 0 Å². The van der Waals surface area contributed by atoms with E-state index in [1.807, 2.05) is 11.8 Å². The van der Waals surface area contributed by atoms with Gasteiger partial charge in [-0.05, 0) is 61.0 Å². The summed E-state index contributed by atoms with van der Waals surface area (Å²) in [6.45, 7) is 4.90. The molecule has 0 saturated carbocycles. The topological polar surface area (TPSA) is 83.6 Å². The van der Waals surface area contributed by atoms with Crippen molar-refractivity contribution in [1.29, 1.82) is 0 Å². The number of rotatable bonds is 5. The molecular weight excluding hydrogens is 428 g/mol. The summed E-state index contributed by atoms with van der Waals surface area (Å²) in [4.78, 5) is 31.0. The van der Waals surface area contributed by atoms with Crippen LogP contribution < -0.4 is 15.4 Å². The lowest BCUT2D eigenvalue weighted by molar-refractivity contribution is 0.0735. The van der Waals surface area contributed by atoms with E-state index in [0.29, 0.717) is 46.6 Å². The minimum Gasteiger partial charge on any atom is -0.439 e. The molecule has 2 heterocycles. The number of nitrogens with one attached hydrogen (secondary N) is 2. The van der Waals surface area contributed by atoms with Crippen LogP contribution in [0.2, 0.25) is 5.02 Å². The lowest BCUT2D eigenvalue weighted by Gasteiger charge is -2.27. The van der Waals surface area contributed by atoms with Crippen molar-refractivity contribution in [1.82, 2.24) is 15.2 Å². The molecule has 32 heavy (non-hydrogen) atoms. The zero-order chi connectivity index (χ0) is 22.5. The fourth-order valence-electron chi connectivity index (χ4n) is 3.34. The Morgan fingerprint density at radius 1 is 1.03 bits per heavy atom. The van der Waals surface area contributed by atoms with Crippen molar-refractivity contribution in [3.8, 4) is 11.6 Å². The predicted octanol–water partition coefficient (Wildman–Crippen LogP) is 4.13. The van der Waals surface area contributed by atoms with E-state index in [9.17, 15) is 9.59 Å². The van der Waals surface area contributed by atoms with E-state index in [1.165, 1.54) is 6.20 Å². The smallest absolute Gasteiger partial charge is 0.255 e. The van der Waals surface area contributed by atoms with Crippen molar-refractivity contribution < 1.29 is 14.3 Å². The predicted molar refractivity (Wildman–Crippen MR) is 124 cm³/mol. The van der Waals surface area contributed by atoms with Crippen molar-refractivity contribution in [2.45, 2.75) is 6.92 Å². The number of benzene rings is 2. The molecule has 2 N–H and O–H groups in total. The Morgan fingerprint density at radius 2 is 1.75 bits per heavy atom. The number of hydrogen-bond donors (Lipinski definition) is 2. The van der Waals surface area contributed by atoms with Gasteiger partial charge in [0.25, 0.3) is 11.8 Å². The second-order valence-electron chi connectivity index (χ2n) is 7.47. The summed E-state index contributed by atoms with van der Waals surface area (Å²) in [5.74, 6) is 0.728. The number of nitrogens with zero attached hydrogens (tertiary/aromatic N) is 2. The van der Waals surface area contributed by atoms with Gasteiger partial charge >= 0.3 is 0 Å². The molecule has 1 aromatic heterocycles. The molecule has 1 aliphatic heterocycles. The number of ether oxygens (including phenoxy) is 1. The van der Waals surface area contributed by atoms with Gasteiger partial charge in [0.1, 0.15) is 5.75 Å². The second kappa shape index (κ2) is 9.80. The third kappa shape index (κ3) is 5.25. The summed E-state index contributed by atoms with van der Waals surface area (Å²) in [5, 5.41) is 6.65. The Hall–Kier alpha value is -3.42. The minimum absolute atomic E-state index is 0.0205. The second-order valence-corrected chi connectivity index (χ2v) is 7.88. The number of amides is 2. The van der Waals surface area contributed by atoms with Crippen LogP contribution in [0, 0.1) is 6.92 Å². The van der Waals surface area contributed by atoms with Crippen LogP contribution in [0.1, 0.15) is 26.3 Å². The van der Waals surface area contributed by atoms with Crippen molar-refractivity contribution in [3.05, 3.63) is 82.5 Å². The van der Waals surface area contributed by atoms with Gasteiger partial charge in [-0.3, -0.25) is 9.59 Å². The summed E-state index contributed by atoms with van der Waals surface area (Å²) in [6, 6.07) is 15.5. The molecule has 2 aromatic carbocycles. The van der Waals surface area contributed by atoms with E-state index in [0.717, 1.165) is 18.7 Å². The lowest BCUT2D eigenvalue weighted by atomic mass is 10.1. The van der Waals surface area contributed by atoms with Crippen LogP contribution in [0.4, 0.5) is 5.69 Å². The van der Waals surface area contributed by atoms with Crippen molar-refractivity contribution in [2.24, 2.45) is 0 Å². The number of carbonyl (C=O) groups excluding carboxylic acids is 2. The summed E-state index contributed by atoms with van der Waals surface area (Å²) in [6.07, 6.45) is 1.53. The highest BCUT2D eigenvalue weighted by Gasteiger charge is 2.17. The molecule has 0 aliphatic carbocycles. The first kappa shape index (κ1) is 21.8. The van der Waals surface area contributed by atoms with Crippen molar-refractivity contribution >= 4 is 29.1 Å². The van der Waals surface area contributed by atoms with Crippen LogP contribution in [0.3, 0.4) is 0 Å². The van der Waals surface area contributed by atoms with Gasteiger partial charge in [-0.1, -0.05) is 11.6 Å². The maximum atomic E-state index is 12.5. The molecule has 1 aliphatic rings. The van der Waals surface area contributed by atoms with Gasteiger partial charge in [-0.15, -0.1) is 0 Å². The molecule has 0 spiro atoms. The number of hydrogen-bond acceptors (Lipinski definition) is 5. The largest absolute Gasteiger partial charge is 0.439 e. The fourth-order valence-corrected chi connectivity index (χ4v) is 3.46. The van der Waals surface area contributed by atoms with Crippen LogP contribution >= 0.6 is 11.6 Å². The third-order valence-electron chi connectivity index (χ3n) is 5.14. The Kier molecular flexibility index (Phi) is 6.68. The standard InChI is InChI=1S/C24H23ClN4O3/c1-16-14-18(4-8-21(16)25)23(30)28-19-5-9-22(27-15-19)32-20-6-2-17(3-7-20)24(31)29-12-10-26-11-13-29/h2-9,14-15,26H,10-13H2,1H3,(H,28,30). The van der Waals surface area contributed by atoms with Gasteiger partial charge < -0.3 is 20.3 Å². The lowest BCUT2D eigenvalue weighted by Crippen LogP contribution is -2.46. The Bertz CT molecular complexity index is 1110. The quantitative estimate of drug-likeness (QED) is 0.610. The molecule has 8 heteroatoms.